The molecular formula is C25H31N5O4. The van der Waals surface area contributed by atoms with E-state index in [9.17, 15) is 14.4 Å². The van der Waals surface area contributed by atoms with Gasteiger partial charge in [0, 0.05) is 31.9 Å². The molecule has 2 aromatic rings. The van der Waals surface area contributed by atoms with Crippen molar-refractivity contribution < 1.29 is 19.1 Å². The molecule has 0 aliphatic carbocycles. The van der Waals surface area contributed by atoms with Gasteiger partial charge in [-0.25, -0.2) is 4.79 Å². The van der Waals surface area contributed by atoms with Crippen molar-refractivity contribution in [3.8, 4) is 0 Å². The number of hydrogen-bond acceptors (Lipinski definition) is 6. The molecule has 0 saturated carbocycles. The van der Waals surface area contributed by atoms with Crippen LogP contribution < -0.4 is 16.0 Å². The average molecular weight is 466 g/mol. The van der Waals surface area contributed by atoms with Crippen molar-refractivity contribution in [1.82, 2.24) is 15.1 Å². The number of carbonyl (C=O) groups is 3. The molecule has 0 aromatic heterocycles. The molecule has 0 bridgehead atoms. The van der Waals surface area contributed by atoms with Gasteiger partial charge in [0.25, 0.3) is 0 Å². The van der Waals surface area contributed by atoms with Crippen molar-refractivity contribution in [1.29, 1.82) is 0 Å². The van der Waals surface area contributed by atoms with E-state index in [2.05, 4.69) is 15.0 Å². The van der Waals surface area contributed by atoms with E-state index in [1.807, 2.05) is 65.6 Å². The van der Waals surface area contributed by atoms with Crippen LogP contribution in [0.4, 0.5) is 10.5 Å². The fourth-order valence-corrected chi connectivity index (χ4v) is 4.75. The lowest BCUT2D eigenvalue weighted by atomic mass is 9.85. The molecular weight excluding hydrogens is 434 g/mol. The van der Waals surface area contributed by atoms with Gasteiger partial charge in [0.15, 0.2) is 0 Å². The van der Waals surface area contributed by atoms with Crippen LogP contribution in [0.2, 0.25) is 0 Å². The van der Waals surface area contributed by atoms with E-state index in [4.69, 9.17) is 5.73 Å². The van der Waals surface area contributed by atoms with Crippen LogP contribution in [0.15, 0.2) is 60.7 Å². The van der Waals surface area contributed by atoms with Gasteiger partial charge in [0.05, 0.1) is 13.8 Å². The Morgan fingerprint density at radius 1 is 1.06 bits per heavy atom. The van der Waals surface area contributed by atoms with Crippen LogP contribution in [0.25, 0.3) is 0 Å². The molecule has 0 unspecified atom stereocenters. The lowest BCUT2D eigenvalue weighted by Crippen LogP contribution is -2.59. The molecule has 2 aliphatic rings. The van der Waals surface area contributed by atoms with Crippen LogP contribution in [-0.4, -0.2) is 72.7 Å². The van der Waals surface area contributed by atoms with Crippen molar-refractivity contribution in [3.63, 3.8) is 0 Å². The Morgan fingerprint density at radius 3 is 2.29 bits per heavy atom. The standard InChI is InChI=1S/C25H31N5O4/c1-34-22(31)21(26)16-27-24(33)28-14-12-25(13-15-28)23(32)29(17-19-8-4-2-5-9-19)18-30(25)20-10-6-3-7-11-20/h2-11,21H,12-18,26H2,1H3,(H,27,33)/t21-/m0/s1. The highest BCUT2D eigenvalue weighted by Gasteiger charge is 2.54. The largest absolute Gasteiger partial charge is 0.468 e. The quantitative estimate of drug-likeness (QED) is 0.627. The first-order valence-corrected chi connectivity index (χ1v) is 11.5. The van der Waals surface area contributed by atoms with Gasteiger partial charge >= 0.3 is 12.0 Å². The third-order valence-corrected chi connectivity index (χ3v) is 6.65. The molecule has 9 heteroatoms. The molecule has 2 aliphatic heterocycles. The van der Waals surface area contributed by atoms with Crippen molar-refractivity contribution >= 4 is 23.6 Å². The third-order valence-electron chi connectivity index (χ3n) is 6.65. The predicted octanol–water partition coefficient (Wildman–Crippen LogP) is 1.54. The molecule has 1 spiro atoms. The normalized spacial score (nSPS) is 18.2. The number of urea groups is 1. The van der Waals surface area contributed by atoms with E-state index in [1.165, 1.54) is 7.11 Å². The predicted molar refractivity (Wildman–Crippen MR) is 128 cm³/mol. The second kappa shape index (κ2) is 10.1. The smallest absolute Gasteiger partial charge is 0.324 e. The number of rotatable bonds is 6. The average Bonchev–Trinajstić information content (AvgIpc) is 3.14. The zero-order valence-electron chi connectivity index (χ0n) is 19.4. The molecule has 180 valence electrons. The number of nitrogens with one attached hydrogen (secondary N) is 1. The van der Waals surface area contributed by atoms with Gasteiger partial charge in [-0.05, 0) is 30.5 Å². The van der Waals surface area contributed by atoms with Gasteiger partial charge in [0.1, 0.15) is 11.6 Å². The summed E-state index contributed by atoms with van der Waals surface area (Å²) in [5, 5.41) is 2.69. The number of methoxy groups -OCH3 is 1. The maximum atomic E-state index is 13.8. The number of hydrogen-bond donors (Lipinski definition) is 2. The molecule has 2 heterocycles. The highest BCUT2D eigenvalue weighted by atomic mass is 16.5. The van der Waals surface area contributed by atoms with Gasteiger partial charge in [-0.3, -0.25) is 9.59 Å². The number of nitrogens with two attached hydrogens (primary N) is 1. The number of ether oxygens (including phenoxy) is 1. The minimum absolute atomic E-state index is 0.00687. The fraction of sp³-hybridized carbons (Fsp3) is 0.400. The molecule has 0 radical (unpaired) electrons. The van der Waals surface area contributed by atoms with E-state index >= 15 is 0 Å². The van der Waals surface area contributed by atoms with Gasteiger partial charge in [-0.1, -0.05) is 48.5 Å². The zero-order chi connectivity index (χ0) is 24.1. The summed E-state index contributed by atoms with van der Waals surface area (Å²) in [5.41, 5.74) is 7.09. The lowest BCUT2D eigenvalue weighted by Gasteiger charge is -2.43. The molecule has 4 rings (SSSR count). The summed E-state index contributed by atoms with van der Waals surface area (Å²) in [7, 11) is 1.26. The zero-order valence-corrected chi connectivity index (χ0v) is 19.4. The number of nitrogens with zero attached hydrogens (tertiary/aromatic N) is 3. The second-order valence-corrected chi connectivity index (χ2v) is 8.73. The molecule has 3 amide bonds. The summed E-state index contributed by atoms with van der Waals surface area (Å²) < 4.78 is 4.59. The van der Waals surface area contributed by atoms with E-state index in [0.29, 0.717) is 39.1 Å². The maximum absolute atomic E-state index is 13.8. The first kappa shape index (κ1) is 23.6. The summed E-state index contributed by atoms with van der Waals surface area (Å²) in [4.78, 5) is 43.6. The highest BCUT2D eigenvalue weighted by molar-refractivity contribution is 5.94. The molecule has 3 N–H and O–H groups in total. The third kappa shape index (κ3) is 4.70. The monoisotopic (exact) mass is 465 g/mol. The number of para-hydroxylation sites is 1. The number of anilines is 1. The minimum atomic E-state index is -0.915. The Labute approximate surface area is 199 Å². The van der Waals surface area contributed by atoms with E-state index in [1.54, 1.807) is 4.90 Å². The van der Waals surface area contributed by atoms with Crippen LogP contribution in [-0.2, 0) is 20.9 Å². The Morgan fingerprint density at radius 2 is 1.68 bits per heavy atom. The number of amides is 3. The summed E-state index contributed by atoms with van der Waals surface area (Å²) in [5.74, 6) is -0.487. The Kier molecular flexibility index (Phi) is 7.02. The van der Waals surface area contributed by atoms with Gasteiger partial charge in [0.2, 0.25) is 5.91 Å². The molecule has 34 heavy (non-hydrogen) atoms. The second-order valence-electron chi connectivity index (χ2n) is 8.73. The summed E-state index contributed by atoms with van der Waals surface area (Å²) in [6.45, 7) is 1.88. The minimum Gasteiger partial charge on any atom is -0.468 e. The van der Waals surface area contributed by atoms with Gasteiger partial charge < -0.3 is 30.5 Å². The number of carbonyl (C=O) groups excluding carboxylic acids is 3. The van der Waals surface area contributed by atoms with E-state index in [-0.39, 0.29) is 18.5 Å². The summed E-state index contributed by atoms with van der Waals surface area (Å²) in [6, 6.07) is 18.7. The van der Waals surface area contributed by atoms with Gasteiger partial charge in [-0.2, -0.15) is 0 Å². The lowest BCUT2D eigenvalue weighted by molar-refractivity contribution is -0.142. The van der Waals surface area contributed by atoms with E-state index in [0.717, 1.165) is 11.3 Å². The molecule has 9 nitrogen and oxygen atoms in total. The van der Waals surface area contributed by atoms with Crippen LogP contribution in [0, 0.1) is 0 Å². The SMILES string of the molecule is COC(=O)[C@@H](N)CNC(=O)N1CCC2(CC1)C(=O)N(Cc1ccccc1)CN2c1ccccc1. The Balaban J connectivity index is 1.47. The topological polar surface area (TPSA) is 108 Å². The molecule has 2 fully saturated rings. The molecule has 1 atom stereocenters. The van der Waals surface area contributed by atoms with E-state index < -0.39 is 17.6 Å². The van der Waals surface area contributed by atoms with Crippen molar-refractivity contribution in [2.75, 3.05) is 38.3 Å². The summed E-state index contributed by atoms with van der Waals surface area (Å²) in [6.07, 6.45) is 1.03. The van der Waals surface area contributed by atoms with Crippen molar-refractivity contribution in [2.45, 2.75) is 31.0 Å². The molecule has 2 aromatic carbocycles. The number of esters is 1. The van der Waals surface area contributed by atoms with Crippen molar-refractivity contribution in [3.05, 3.63) is 66.2 Å². The highest BCUT2D eigenvalue weighted by Crippen LogP contribution is 2.40. The van der Waals surface area contributed by atoms with Crippen LogP contribution in [0.1, 0.15) is 18.4 Å². The maximum Gasteiger partial charge on any atom is 0.324 e. The number of benzene rings is 2. The number of likely N-dealkylation sites (tertiary alicyclic amines) is 1. The first-order chi connectivity index (χ1) is 16.4. The molecule has 2 saturated heterocycles. The Hall–Kier alpha value is -3.59. The van der Waals surface area contributed by atoms with Crippen LogP contribution >= 0.6 is 0 Å². The number of piperidine rings is 1. The first-order valence-electron chi connectivity index (χ1n) is 11.5. The fourth-order valence-electron chi connectivity index (χ4n) is 4.75. The van der Waals surface area contributed by atoms with Crippen molar-refractivity contribution in [2.24, 2.45) is 5.73 Å². The summed E-state index contributed by atoms with van der Waals surface area (Å²) >= 11 is 0. The Bertz CT molecular complexity index is 1010. The van der Waals surface area contributed by atoms with Gasteiger partial charge in [-0.15, -0.1) is 0 Å². The van der Waals surface area contributed by atoms with Crippen LogP contribution in [0.5, 0.6) is 0 Å². The van der Waals surface area contributed by atoms with Crippen LogP contribution in [0.3, 0.4) is 0 Å².